The Labute approximate surface area is 165 Å². The standard InChI is InChI=1S/C20H28N6O2/c1-20(2,21)18(27)25-12-10-24(11-13-25)17-8-9-26(19(28)23-17)16-6-4-15(5-7-16)14-22-3/h4-9,22H,10-14,21H2,1-3H3. The van der Waals surface area contributed by atoms with Crippen molar-refractivity contribution in [2.24, 2.45) is 5.73 Å². The highest BCUT2D eigenvalue weighted by Crippen LogP contribution is 2.15. The second-order valence-corrected chi connectivity index (χ2v) is 7.64. The summed E-state index contributed by atoms with van der Waals surface area (Å²) in [5.74, 6) is 0.574. The molecular weight excluding hydrogens is 356 g/mol. The predicted octanol–water partition coefficient (Wildman–Crippen LogP) is 0.338. The van der Waals surface area contributed by atoms with Gasteiger partial charge in [-0.3, -0.25) is 9.36 Å². The van der Waals surface area contributed by atoms with Crippen LogP contribution in [0.3, 0.4) is 0 Å². The number of nitrogens with two attached hydrogens (primary N) is 1. The molecule has 1 saturated heterocycles. The van der Waals surface area contributed by atoms with E-state index in [1.807, 2.05) is 42.3 Å². The summed E-state index contributed by atoms with van der Waals surface area (Å²) in [6.07, 6.45) is 1.75. The first kappa shape index (κ1) is 20.0. The average Bonchev–Trinajstić information content (AvgIpc) is 2.68. The lowest BCUT2D eigenvalue weighted by atomic mass is 10.0. The maximum Gasteiger partial charge on any atom is 0.354 e. The van der Waals surface area contributed by atoms with Gasteiger partial charge in [-0.1, -0.05) is 12.1 Å². The van der Waals surface area contributed by atoms with Crippen LogP contribution in [0.25, 0.3) is 5.69 Å². The fourth-order valence-corrected chi connectivity index (χ4v) is 3.29. The molecule has 1 aromatic heterocycles. The average molecular weight is 384 g/mol. The summed E-state index contributed by atoms with van der Waals surface area (Å²) in [6, 6.07) is 9.64. The molecule has 2 heterocycles. The zero-order chi connectivity index (χ0) is 20.3. The SMILES string of the molecule is CNCc1ccc(-n2ccc(N3CCN(C(=O)C(C)(C)N)CC3)nc2=O)cc1. The maximum atomic E-state index is 12.5. The third-order valence-corrected chi connectivity index (χ3v) is 4.83. The number of benzene rings is 1. The van der Waals surface area contributed by atoms with E-state index < -0.39 is 5.54 Å². The van der Waals surface area contributed by atoms with E-state index in [0.717, 1.165) is 17.8 Å². The van der Waals surface area contributed by atoms with Crippen LogP contribution in [0.5, 0.6) is 0 Å². The smallest absolute Gasteiger partial charge is 0.353 e. The van der Waals surface area contributed by atoms with Crippen molar-refractivity contribution < 1.29 is 4.79 Å². The second-order valence-electron chi connectivity index (χ2n) is 7.64. The number of anilines is 1. The molecular formula is C20H28N6O2. The van der Waals surface area contributed by atoms with Crippen molar-refractivity contribution in [2.75, 3.05) is 38.1 Å². The first-order valence-electron chi connectivity index (χ1n) is 9.46. The molecule has 0 radical (unpaired) electrons. The van der Waals surface area contributed by atoms with Gasteiger partial charge < -0.3 is 20.9 Å². The molecule has 0 spiro atoms. The van der Waals surface area contributed by atoms with Gasteiger partial charge in [0.15, 0.2) is 0 Å². The molecule has 3 N–H and O–H groups in total. The second kappa shape index (κ2) is 8.12. The van der Waals surface area contributed by atoms with Crippen molar-refractivity contribution in [3.05, 3.63) is 52.6 Å². The van der Waals surface area contributed by atoms with Crippen molar-refractivity contribution in [3.8, 4) is 5.69 Å². The molecule has 1 amide bonds. The van der Waals surface area contributed by atoms with Crippen molar-refractivity contribution in [3.63, 3.8) is 0 Å². The van der Waals surface area contributed by atoms with E-state index in [4.69, 9.17) is 5.73 Å². The summed E-state index contributed by atoms with van der Waals surface area (Å²) < 4.78 is 1.53. The Morgan fingerprint density at radius 3 is 2.32 bits per heavy atom. The first-order chi connectivity index (χ1) is 13.3. The lowest BCUT2D eigenvalue weighted by Crippen LogP contribution is -2.57. The van der Waals surface area contributed by atoms with Crippen molar-refractivity contribution in [1.29, 1.82) is 0 Å². The fourth-order valence-electron chi connectivity index (χ4n) is 3.29. The summed E-state index contributed by atoms with van der Waals surface area (Å²) in [4.78, 5) is 32.9. The van der Waals surface area contributed by atoms with Gasteiger partial charge in [-0.25, -0.2) is 4.79 Å². The highest BCUT2D eigenvalue weighted by molar-refractivity contribution is 5.85. The molecule has 0 unspecified atom stereocenters. The molecule has 1 aromatic carbocycles. The van der Waals surface area contributed by atoms with Gasteiger partial charge in [0.25, 0.3) is 0 Å². The van der Waals surface area contributed by atoms with Crippen LogP contribution in [0, 0.1) is 0 Å². The van der Waals surface area contributed by atoms with E-state index in [1.165, 1.54) is 4.57 Å². The third-order valence-electron chi connectivity index (χ3n) is 4.83. The van der Waals surface area contributed by atoms with Crippen LogP contribution in [0.1, 0.15) is 19.4 Å². The Morgan fingerprint density at radius 1 is 1.14 bits per heavy atom. The van der Waals surface area contributed by atoms with Crippen LogP contribution in [0.15, 0.2) is 41.3 Å². The minimum Gasteiger partial charge on any atom is -0.353 e. The highest BCUT2D eigenvalue weighted by Gasteiger charge is 2.30. The number of aromatic nitrogens is 2. The molecule has 1 fully saturated rings. The Bertz CT molecular complexity index is 877. The number of hydrogen-bond donors (Lipinski definition) is 2. The Balaban J connectivity index is 1.70. The number of hydrogen-bond acceptors (Lipinski definition) is 6. The van der Waals surface area contributed by atoms with E-state index in [1.54, 1.807) is 24.9 Å². The number of amides is 1. The maximum absolute atomic E-state index is 12.5. The molecule has 0 saturated carbocycles. The largest absolute Gasteiger partial charge is 0.354 e. The number of piperazine rings is 1. The van der Waals surface area contributed by atoms with E-state index in [2.05, 4.69) is 10.3 Å². The summed E-state index contributed by atoms with van der Waals surface area (Å²) in [5, 5.41) is 3.10. The van der Waals surface area contributed by atoms with Gasteiger partial charge in [0.2, 0.25) is 5.91 Å². The number of nitrogens with one attached hydrogen (secondary N) is 1. The van der Waals surface area contributed by atoms with Crippen LogP contribution >= 0.6 is 0 Å². The van der Waals surface area contributed by atoms with Crippen LogP contribution in [0.4, 0.5) is 5.82 Å². The number of carbonyl (C=O) groups excluding carboxylic acids is 1. The molecule has 0 aliphatic carbocycles. The minimum atomic E-state index is -0.871. The first-order valence-corrected chi connectivity index (χ1v) is 9.46. The quantitative estimate of drug-likeness (QED) is 0.772. The molecule has 3 rings (SSSR count). The summed E-state index contributed by atoms with van der Waals surface area (Å²) in [6.45, 7) is 6.59. The Morgan fingerprint density at radius 2 is 1.79 bits per heavy atom. The molecule has 28 heavy (non-hydrogen) atoms. The van der Waals surface area contributed by atoms with Gasteiger partial charge >= 0.3 is 5.69 Å². The third kappa shape index (κ3) is 4.40. The van der Waals surface area contributed by atoms with Crippen LogP contribution < -0.4 is 21.6 Å². The molecule has 150 valence electrons. The molecule has 8 heteroatoms. The molecule has 1 aliphatic heterocycles. The summed E-state index contributed by atoms with van der Waals surface area (Å²) in [7, 11) is 1.90. The zero-order valence-corrected chi connectivity index (χ0v) is 16.7. The van der Waals surface area contributed by atoms with E-state index >= 15 is 0 Å². The van der Waals surface area contributed by atoms with E-state index in [9.17, 15) is 9.59 Å². The van der Waals surface area contributed by atoms with Gasteiger partial charge in [0.1, 0.15) is 5.82 Å². The molecule has 2 aromatic rings. The van der Waals surface area contributed by atoms with Gasteiger partial charge in [-0.2, -0.15) is 4.98 Å². The molecule has 0 bridgehead atoms. The number of nitrogens with zero attached hydrogens (tertiary/aromatic N) is 4. The van der Waals surface area contributed by atoms with Crippen molar-refractivity contribution >= 4 is 11.7 Å². The van der Waals surface area contributed by atoms with Gasteiger partial charge in [-0.15, -0.1) is 0 Å². The monoisotopic (exact) mass is 384 g/mol. The summed E-state index contributed by atoms with van der Waals surface area (Å²) in [5.41, 5.74) is 6.65. The van der Waals surface area contributed by atoms with Crippen LogP contribution in [0.2, 0.25) is 0 Å². The Kier molecular flexibility index (Phi) is 5.81. The highest BCUT2D eigenvalue weighted by atomic mass is 16.2. The zero-order valence-electron chi connectivity index (χ0n) is 16.7. The number of carbonyl (C=O) groups is 1. The molecule has 0 atom stereocenters. The van der Waals surface area contributed by atoms with Gasteiger partial charge in [-0.05, 0) is 44.7 Å². The van der Waals surface area contributed by atoms with E-state index in [-0.39, 0.29) is 11.6 Å². The van der Waals surface area contributed by atoms with E-state index in [0.29, 0.717) is 32.0 Å². The van der Waals surface area contributed by atoms with Gasteiger partial charge in [0.05, 0.1) is 11.2 Å². The summed E-state index contributed by atoms with van der Waals surface area (Å²) >= 11 is 0. The number of rotatable bonds is 5. The van der Waals surface area contributed by atoms with Crippen molar-refractivity contribution in [2.45, 2.75) is 25.9 Å². The lowest BCUT2D eigenvalue weighted by Gasteiger charge is -2.37. The van der Waals surface area contributed by atoms with Crippen LogP contribution in [-0.4, -0.2) is 59.1 Å². The molecule has 1 aliphatic rings. The topological polar surface area (TPSA) is 96.5 Å². The minimum absolute atomic E-state index is 0.0581. The fraction of sp³-hybridized carbons (Fsp3) is 0.450. The van der Waals surface area contributed by atoms with Crippen LogP contribution in [-0.2, 0) is 11.3 Å². The lowest BCUT2D eigenvalue weighted by molar-refractivity contribution is -0.136. The Hall–Kier alpha value is -2.71. The normalized spacial score (nSPS) is 15.0. The van der Waals surface area contributed by atoms with Crippen molar-refractivity contribution in [1.82, 2.24) is 19.8 Å². The molecule has 8 nitrogen and oxygen atoms in total. The predicted molar refractivity (Wildman–Crippen MR) is 110 cm³/mol. The van der Waals surface area contributed by atoms with Gasteiger partial charge in [0, 0.05) is 38.9 Å².